The molecular weight excluding hydrogens is 519 g/mol. The number of halogens is 3. The van der Waals surface area contributed by atoms with Crippen molar-refractivity contribution in [1.29, 1.82) is 0 Å². The van der Waals surface area contributed by atoms with Gasteiger partial charge in [0, 0.05) is 28.4 Å². The SMILES string of the molecule is Cc1ccc(NC(=O)COc2c(Cl)cc(/C=N/NC(=O)c3cccc([N+](=O)[O-])c3)cc2Cl)cc1Cl. The van der Waals surface area contributed by atoms with Gasteiger partial charge >= 0.3 is 0 Å². The second-order valence-corrected chi connectivity index (χ2v) is 8.34. The molecule has 35 heavy (non-hydrogen) atoms. The van der Waals surface area contributed by atoms with E-state index in [1.165, 1.54) is 36.5 Å². The van der Waals surface area contributed by atoms with Crippen LogP contribution < -0.4 is 15.5 Å². The third-order valence-corrected chi connectivity index (χ3v) is 5.49. The highest BCUT2D eigenvalue weighted by Gasteiger charge is 2.13. The van der Waals surface area contributed by atoms with Crippen LogP contribution in [0, 0.1) is 17.0 Å². The van der Waals surface area contributed by atoms with Gasteiger partial charge in [0.1, 0.15) is 0 Å². The second kappa shape index (κ2) is 11.7. The number of hydrogen-bond acceptors (Lipinski definition) is 6. The van der Waals surface area contributed by atoms with Gasteiger partial charge in [-0.3, -0.25) is 19.7 Å². The molecule has 0 aliphatic carbocycles. The van der Waals surface area contributed by atoms with Crippen molar-refractivity contribution in [1.82, 2.24) is 5.43 Å². The summed E-state index contributed by atoms with van der Waals surface area (Å²) in [6.45, 7) is 1.50. The van der Waals surface area contributed by atoms with Crippen molar-refractivity contribution < 1.29 is 19.2 Å². The molecular formula is C23H17Cl3N4O5. The van der Waals surface area contributed by atoms with Gasteiger partial charge in [0.25, 0.3) is 17.5 Å². The summed E-state index contributed by atoms with van der Waals surface area (Å²) >= 11 is 18.5. The molecule has 0 bridgehead atoms. The molecule has 3 aromatic rings. The van der Waals surface area contributed by atoms with Crippen LogP contribution in [-0.4, -0.2) is 29.6 Å². The van der Waals surface area contributed by atoms with E-state index in [-0.39, 0.29) is 33.7 Å². The number of nitro benzene ring substituents is 1. The number of amides is 2. The highest BCUT2D eigenvalue weighted by atomic mass is 35.5. The van der Waals surface area contributed by atoms with Gasteiger partial charge in [-0.05, 0) is 48.4 Å². The van der Waals surface area contributed by atoms with Crippen molar-refractivity contribution in [2.24, 2.45) is 5.10 Å². The smallest absolute Gasteiger partial charge is 0.271 e. The van der Waals surface area contributed by atoms with Crippen LogP contribution in [-0.2, 0) is 4.79 Å². The van der Waals surface area contributed by atoms with E-state index in [1.54, 1.807) is 18.2 Å². The number of carbonyl (C=O) groups is 2. The number of nitrogens with zero attached hydrogens (tertiary/aromatic N) is 2. The van der Waals surface area contributed by atoms with Crippen LogP contribution in [0.25, 0.3) is 0 Å². The number of hydrazone groups is 1. The number of non-ortho nitro benzene ring substituents is 1. The summed E-state index contributed by atoms with van der Waals surface area (Å²) < 4.78 is 5.46. The lowest BCUT2D eigenvalue weighted by molar-refractivity contribution is -0.384. The highest BCUT2D eigenvalue weighted by molar-refractivity contribution is 6.37. The molecule has 0 saturated carbocycles. The monoisotopic (exact) mass is 534 g/mol. The molecule has 180 valence electrons. The lowest BCUT2D eigenvalue weighted by Crippen LogP contribution is -2.20. The summed E-state index contributed by atoms with van der Waals surface area (Å²) in [4.78, 5) is 34.6. The Morgan fingerprint density at radius 1 is 1.06 bits per heavy atom. The van der Waals surface area contributed by atoms with E-state index >= 15 is 0 Å². The van der Waals surface area contributed by atoms with Crippen LogP contribution in [0.15, 0.2) is 59.7 Å². The average molecular weight is 536 g/mol. The molecule has 3 rings (SSSR count). The fraction of sp³-hybridized carbons (Fsp3) is 0.0870. The van der Waals surface area contributed by atoms with Crippen molar-refractivity contribution in [3.8, 4) is 5.75 Å². The second-order valence-electron chi connectivity index (χ2n) is 7.12. The predicted octanol–water partition coefficient (Wildman–Crippen LogP) is 5.64. The summed E-state index contributed by atoms with van der Waals surface area (Å²) in [5.74, 6) is -0.974. The lowest BCUT2D eigenvalue weighted by Gasteiger charge is -2.11. The molecule has 12 heteroatoms. The number of nitro groups is 1. The Bertz CT molecular complexity index is 1310. The first-order valence-corrected chi connectivity index (χ1v) is 11.0. The van der Waals surface area contributed by atoms with E-state index in [0.29, 0.717) is 16.3 Å². The van der Waals surface area contributed by atoms with Gasteiger partial charge in [-0.25, -0.2) is 5.43 Å². The Balaban J connectivity index is 1.59. The predicted molar refractivity (Wildman–Crippen MR) is 135 cm³/mol. The molecule has 0 aromatic heterocycles. The third kappa shape index (κ3) is 7.16. The topological polar surface area (TPSA) is 123 Å². The Morgan fingerprint density at radius 2 is 1.77 bits per heavy atom. The maximum atomic E-state index is 12.2. The van der Waals surface area contributed by atoms with E-state index in [4.69, 9.17) is 39.5 Å². The van der Waals surface area contributed by atoms with Gasteiger partial charge in [-0.2, -0.15) is 5.10 Å². The van der Waals surface area contributed by atoms with Crippen molar-refractivity contribution >= 4 is 64.2 Å². The van der Waals surface area contributed by atoms with E-state index < -0.39 is 16.7 Å². The minimum absolute atomic E-state index is 0.0716. The summed E-state index contributed by atoms with van der Waals surface area (Å²) in [5.41, 5.74) is 3.96. The van der Waals surface area contributed by atoms with Crippen LogP contribution in [0.3, 0.4) is 0 Å². The Hall–Kier alpha value is -3.66. The Labute approximate surface area is 214 Å². The molecule has 3 aromatic carbocycles. The van der Waals surface area contributed by atoms with Gasteiger partial charge in [-0.15, -0.1) is 0 Å². The molecule has 9 nitrogen and oxygen atoms in total. The number of anilines is 1. The van der Waals surface area contributed by atoms with Crippen LogP contribution in [0.4, 0.5) is 11.4 Å². The van der Waals surface area contributed by atoms with Crippen LogP contribution in [0.5, 0.6) is 5.75 Å². The highest BCUT2D eigenvalue weighted by Crippen LogP contribution is 2.34. The molecule has 2 N–H and O–H groups in total. The number of ether oxygens (including phenoxy) is 1. The molecule has 0 aliphatic rings. The van der Waals surface area contributed by atoms with Crippen molar-refractivity contribution in [2.45, 2.75) is 6.92 Å². The van der Waals surface area contributed by atoms with Crippen LogP contribution >= 0.6 is 34.8 Å². The maximum Gasteiger partial charge on any atom is 0.271 e. The molecule has 0 radical (unpaired) electrons. The van der Waals surface area contributed by atoms with E-state index in [9.17, 15) is 19.7 Å². The molecule has 0 heterocycles. The first kappa shape index (κ1) is 26.0. The number of carbonyl (C=O) groups excluding carboxylic acids is 2. The molecule has 0 saturated heterocycles. The number of hydrogen-bond donors (Lipinski definition) is 2. The zero-order valence-corrected chi connectivity index (χ0v) is 20.3. The zero-order chi connectivity index (χ0) is 25.5. The molecule has 0 fully saturated rings. The minimum atomic E-state index is -0.636. The first-order chi connectivity index (χ1) is 16.6. The molecule has 0 atom stereocenters. The van der Waals surface area contributed by atoms with E-state index in [1.807, 2.05) is 6.92 Å². The maximum absolute atomic E-state index is 12.2. The molecule has 0 spiro atoms. The number of nitrogens with one attached hydrogen (secondary N) is 2. The van der Waals surface area contributed by atoms with Gasteiger partial charge in [0.15, 0.2) is 12.4 Å². The Morgan fingerprint density at radius 3 is 2.43 bits per heavy atom. The summed E-state index contributed by atoms with van der Waals surface area (Å²) in [7, 11) is 0. The van der Waals surface area contributed by atoms with Crippen LogP contribution in [0.2, 0.25) is 15.1 Å². The molecule has 2 amide bonds. The van der Waals surface area contributed by atoms with Crippen molar-refractivity contribution in [3.05, 3.63) is 96.5 Å². The van der Waals surface area contributed by atoms with Crippen molar-refractivity contribution in [2.75, 3.05) is 11.9 Å². The fourth-order valence-corrected chi connectivity index (χ4v) is 3.58. The molecule has 0 aliphatic heterocycles. The summed E-state index contributed by atoms with van der Waals surface area (Å²) in [5, 5.41) is 18.1. The van der Waals surface area contributed by atoms with Crippen LogP contribution in [0.1, 0.15) is 21.5 Å². The normalized spacial score (nSPS) is 10.7. The van der Waals surface area contributed by atoms with Gasteiger partial charge in [0.05, 0.1) is 21.2 Å². The largest absolute Gasteiger partial charge is 0.481 e. The minimum Gasteiger partial charge on any atom is -0.481 e. The first-order valence-electron chi connectivity index (χ1n) is 9.89. The summed E-state index contributed by atoms with van der Waals surface area (Å²) in [6.07, 6.45) is 1.28. The van der Waals surface area contributed by atoms with Gasteiger partial charge in [0.2, 0.25) is 0 Å². The zero-order valence-electron chi connectivity index (χ0n) is 18.1. The average Bonchev–Trinajstić information content (AvgIpc) is 2.81. The Kier molecular flexibility index (Phi) is 8.64. The standard InChI is InChI=1S/C23H17Cl3N4O5/c1-13-5-6-16(10-18(13)24)28-21(31)12-35-22-19(25)7-14(8-20(22)26)11-27-29-23(32)15-3-2-4-17(9-15)30(33)34/h2-11H,12H2,1H3,(H,28,31)(H,29,32)/b27-11+. The van der Waals surface area contributed by atoms with Crippen molar-refractivity contribution in [3.63, 3.8) is 0 Å². The number of aryl methyl sites for hydroxylation is 1. The van der Waals surface area contributed by atoms with E-state index in [0.717, 1.165) is 11.6 Å². The van der Waals surface area contributed by atoms with Gasteiger partial charge in [-0.1, -0.05) is 46.9 Å². The molecule has 0 unspecified atom stereocenters. The summed E-state index contributed by atoms with van der Waals surface area (Å²) in [6, 6.07) is 13.3. The van der Waals surface area contributed by atoms with Gasteiger partial charge < -0.3 is 10.1 Å². The lowest BCUT2D eigenvalue weighted by atomic mass is 10.2. The number of rotatable bonds is 8. The quantitative estimate of drug-likeness (QED) is 0.219. The fourth-order valence-electron chi connectivity index (χ4n) is 2.79. The number of benzene rings is 3. The third-order valence-electron chi connectivity index (χ3n) is 4.52. The van der Waals surface area contributed by atoms with E-state index in [2.05, 4.69) is 15.8 Å².